The first kappa shape index (κ1) is 13.0. The zero-order chi connectivity index (χ0) is 14.4. The number of hydrogen-bond acceptors (Lipinski definition) is 8. The fraction of sp³-hybridized carbons (Fsp3) is 0.500. The number of ether oxygens (including phenoxy) is 1. The van der Waals surface area contributed by atoms with Crippen LogP contribution in [0.15, 0.2) is 11.1 Å². The molecule has 0 radical (unpaired) electrons. The summed E-state index contributed by atoms with van der Waals surface area (Å²) in [5.41, 5.74) is 11.2. The Balaban J connectivity index is 2.09. The number of imidazole rings is 1. The highest BCUT2D eigenvalue weighted by atomic mass is 16.5. The maximum absolute atomic E-state index is 11.7. The van der Waals surface area contributed by atoms with Crippen LogP contribution in [0.1, 0.15) is 6.23 Å². The molecule has 2 aromatic rings. The molecule has 7 N–H and O–H groups in total. The Morgan fingerprint density at radius 1 is 1.55 bits per heavy atom. The lowest BCUT2D eigenvalue weighted by atomic mass is 10.1. The van der Waals surface area contributed by atoms with Gasteiger partial charge >= 0.3 is 0 Å². The van der Waals surface area contributed by atoms with Crippen molar-refractivity contribution < 1.29 is 14.9 Å². The van der Waals surface area contributed by atoms with Crippen LogP contribution in [0, 0.1) is 0 Å². The van der Waals surface area contributed by atoms with Crippen molar-refractivity contribution in [2.45, 2.75) is 24.5 Å². The van der Waals surface area contributed by atoms with Gasteiger partial charge in [-0.2, -0.15) is 4.98 Å². The average molecular weight is 282 g/mol. The Morgan fingerprint density at radius 3 is 2.95 bits per heavy atom. The van der Waals surface area contributed by atoms with E-state index >= 15 is 0 Å². The van der Waals surface area contributed by atoms with Crippen molar-refractivity contribution >= 4 is 17.1 Å². The number of nitrogen functional groups attached to an aromatic ring is 1. The number of hydrogen-bond donors (Lipinski definition) is 5. The number of rotatable bonds is 2. The lowest BCUT2D eigenvalue weighted by Gasteiger charge is -2.17. The van der Waals surface area contributed by atoms with Gasteiger partial charge < -0.3 is 26.4 Å². The van der Waals surface area contributed by atoms with Gasteiger partial charge in [0.25, 0.3) is 5.56 Å². The van der Waals surface area contributed by atoms with Crippen molar-refractivity contribution in [3.8, 4) is 0 Å². The van der Waals surface area contributed by atoms with Crippen molar-refractivity contribution in [1.29, 1.82) is 0 Å². The molecule has 20 heavy (non-hydrogen) atoms. The van der Waals surface area contributed by atoms with Gasteiger partial charge in [-0.1, -0.05) is 0 Å². The highest BCUT2D eigenvalue weighted by molar-refractivity contribution is 5.70. The fourth-order valence-corrected chi connectivity index (χ4v) is 2.30. The third-order valence-corrected chi connectivity index (χ3v) is 3.32. The molecule has 108 valence electrons. The summed E-state index contributed by atoms with van der Waals surface area (Å²) in [5, 5.41) is 19.0. The molecule has 1 saturated heterocycles. The van der Waals surface area contributed by atoms with E-state index in [2.05, 4.69) is 15.0 Å². The Labute approximate surface area is 112 Å². The number of anilines is 1. The van der Waals surface area contributed by atoms with Crippen LogP contribution in [0.3, 0.4) is 0 Å². The summed E-state index contributed by atoms with van der Waals surface area (Å²) < 4.78 is 6.89. The second-order valence-corrected chi connectivity index (χ2v) is 4.59. The second kappa shape index (κ2) is 4.52. The van der Waals surface area contributed by atoms with Crippen molar-refractivity contribution in [3.63, 3.8) is 0 Å². The smallest absolute Gasteiger partial charge is 0.280 e. The maximum Gasteiger partial charge on any atom is 0.280 e. The van der Waals surface area contributed by atoms with Crippen LogP contribution >= 0.6 is 0 Å². The summed E-state index contributed by atoms with van der Waals surface area (Å²) in [5.74, 6) is -0.0601. The molecule has 3 rings (SSSR count). The van der Waals surface area contributed by atoms with Gasteiger partial charge in [-0.05, 0) is 0 Å². The van der Waals surface area contributed by atoms with Crippen LogP contribution < -0.4 is 17.0 Å². The zero-order valence-corrected chi connectivity index (χ0v) is 10.3. The van der Waals surface area contributed by atoms with Crippen LogP contribution in [0.4, 0.5) is 5.95 Å². The van der Waals surface area contributed by atoms with E-state index < -0.39 is 30.0 Å². The highest BCUT2D eigenvalue weighted by Crippen LogP contribution is 2.29. The molecule has 2 aromatic heterocycles. The van der Waals surface area contributed by atoms with E-state index in [1.165, 1.54) is 10.9 Å². The van der Waals surface area contributed by atoms with Crippen LogP contribution in [-0.2, 0) is 4.74 Å². The molecule has 3 heterocycles. The quantitative estimate of drug-likeness (QED) is 0.396. The Morgan fingerprint density at radius 2 is 2.30 bits per heavy atom. The number of aliphatic hydroxyl groups is 2. The summed E-state index contributed by atoms with van der Waals surface area (Å²) in [6.45, 7) is -0.367. The van der Waals surface area contributed by atoms with E-state index in [4.69, 9.17) is 21.3 Å². The average Bonchev–Trinajstić information content (AvgIpc) is 2.93. The first-order chi connectivity index (χ1) is 9.52. The van der Waals surface area contributed by atoms with Crippen LogP contribution in [-0.4, -0.2) is 54.6 Å². The second-order valence-electron chi connectivity index (χ2n) is 4.59. The molecule has 0 saturated carbocycles. The summed E-state index contributed by atoms with van der Waals surface area (Å²) in [4.78, 5) is 21.9. The molecule has 4 atom stereocenters. The molecule has 1 unspecified atom stereocenters. The van der Waals surface area contributed by atoms with E-state index in [0.717, 1.165) is 0 Å². The van der Waals surface area contributed by atoms with Gasteiger partial charge in [-0.3, -0.25) is 14.3 Å². The van der Waals surface area contributed by atoms with Gasteiger partial charge in [-0.25, -0.2) is 4.98 Å². The number of H-pyrrole nitrogens is 1. The van der Waals surface area contributed by atoms with Gasteiger partial charge in [0.1, 0.15) is 12.2 Å². The third kappa shape index (κ3) is 1.78. The van der Waals surface area contributed by atoms with Crippen molar-refractivity contribution in [1.82, 2.24) is 19.5 Å². The fourth-order valence-electron chi connectivity index (χ4n) is 2.30. The number of aliphatic hydroxyl groups excluding tert-OH is 2. The minimum absolute atomic E-state index is 0.0601. The minimum atomic E-state index is -1.03. The zero-order valence-electron chi connectivity index (χ0n) is 10.3. The predicted molar refractivity (Wildman–Crippen MR) is 67.5 cm³/mol. The Hall–Kier alpha value is -2.01. The number of fused-ring (bicyclic) bond motifs is 1. The topological polar surface area (TPSA) is 165 Å². The first-order valence-corrected chi connectivity index (χ1v) is 5.95. The van der Waals surface area contributed by atoms with E-state index in [0.29, 0.717) is 0 Å². The first-order valence-electron chi connectivity index (χ1n) is 5.95. The van der Waals surface area contributed by atoms with Crippen molar-refractivity contribution in [2.75, 3.05) is 12.3 Å². The number of nitrogens with zero attached hydrogens (tertiary/aromatic N) is 3. The number of nitrogens with two attached hydrogens (primary N) is 2. The minimum Gasteiger partial charge on any atom is -0.394 e. The molecule has 1 aliphatic rings. The molecule has 0 aromatic carbocycles. The standard InChI is InChI=1S/C10H14N6O4/c11-4-6(18)3(1-17)20-9(4)16-2-13-5-7(16)14-10(12)15-8(5)19/h2-4,6,9,17-18H,1,11H2,(H3,12,14,15,19)/t3-,4?,6-,9-/m1/s1. The molecule has 0 amide bonds. The summed E-state index contributed by atoms with van der Waals surface area (Å²) >= 11 is 0. The third-order valence-electron chi connectivity index (χ3n) is 3.32. The molecular weight excluding hydrogens is 268 g/mol. The van der Waals surface area contributed by atoms with Crippen molar-refractivity contribution in [3.05, 3.63) is 16.7 Å². The molecule has 1 fully saturated rings. The number of aromatic amines is 1. The predicted octanol–water partition coefficient (Wildman–Crippen LogP) is -2.72. The Bertz CT molecular complexity index is 697. The monoisotopic (exact) mass is 282 g/mol. The summed E-state index contributed by atoms with van der Waals surface area (Å²) in [7, 11) is 0. The molecule has 1 aliphatic heterocycles. The van der Waals surface area contributed by atoms with E-state index in [1.54, 1.807) is 0 Å². The van der Waals surface area contributed by atoms with E-state index in [9.17, 15) is 9.90 Å². The maximum atomic E-state index is 11.7. The summed E-state index contributed by atoms with van der Waals surface area (Å²) in [6, 6.07) is -0.785. The van der Waals surface area contributed by atoms with Gasteiger partial charge in [0.05, 0.1) is 19.0 Å². The molecule has 0 aliphatic carbocycles. The van der Waals surface area contributed by atoms with Crippen LogP contribution in [0.25, 0.3) is 11.2 Å². The molecule has 10 heteroatoms. The van der Waals surface area contributed by atoms with Gasteiger partial charge in [0, 0.05) is 0 Å². The lowest BCUT2D eigenvalue weighted by molar-refractivity contribution is -0.0437. The molecule has 0 bridgehead atoms. The Kier molecular flexibility index (Phi) is 2.94. The van der Waals surface area contributed by atoms with E-state index in [1.807, 2.05) is 0 Å². The number of nitrogens with one attached hydrogen (secondary N) is 1. The largest absolute Gasteiger partial charge is 0.394 e. The number of aromatic nitrogens is 4. The highest BCUT2D eigenvalue weighted by Gasteiger charge is 2.42. The normalized spacial score (nSPS) is 30.1. The molecule has 0 spiro atoms. The van der Waals surface area contributed by atoms with Crippen LogP contribution in [0.5, 0.6) is 0 Å². The van der Waals surface area contributed by atoms with Gasteiger partial charge in [0.2, 0.25) is 5.95 Å². The van der Waals surface area contributed by atoms with E-state index in [-0.39, 0.29) is 23.7 Å². The lowest BCUT2D eigenvalue weighted by Crippen LogP contribution is -2.39. The molecule has 10 nitrogen and oxygen atoms in total. The SMILES string of the molecule is Nc1nc2c(ncn2[C@@H]2O[C@H](CO)[C@@H](O)C2N)c(=O)[nH]1. The molecular formula is C10H14N6O4. The van der Waals surface area contributed by atoms with Crippen LogP contribution in [0.2, 0.25) is 0 Å². The van der Waals surface area contributed by atoms with Gasteiger partial charge in [0.15, 0.2) is 17.4 Å². The van der Waals surface area contributed by atoms with Gasteiger partial charge in [-0.15, -0.1) is 0 Å². The van der Waals surface area contributed by atoms with Crippen molar-refractivity contribution in [2.24, 2.45) is 5.73 Å². The summed E-state index contributed by atoms with van der Waals surface area (Å²) in [6.07, 6.45) is -1.28.